The molecule has 0 bridgehead atoms. The van der Waals surface area contributed by atoms with E-state index in [0.717, 1.165) is 7.11 Å². The van der Waals surface area contributed by atoms with Crippen molar-refractivity contribution in [1.82, 2.24) is 0 Å². The second-order valence-corrected chi connectivity index (χ2v) is 3.72. The van der Waals surface area contributed by atoms with E-state index in [-0.39, 0.29) is 10.6 Å². The minimum Gasteiger partial charge on any atom is -0.467 e. The van der Waals surface area contributed by atoms with Gasteiger partial charge in [-0.3, -0.25) is 4.79 Å². The maximum atomic E-state index is 13.2. The van der Waals surface area contributed by atoms with E-state index in [9.17, 15) is 14.0 Å². The third kappa shape index (κ3) is 2.71. The average Bonchev–Trinajstić information content (AvgIpc) is 2.26. The smallest absolute Gasteiger partial charge is 0.348 e. The summed E-state index contributed by atoms with van der Waals surface area (Å²) in [6, 6.07) is 3.92. The van der Waals surface area contributed by atoms with Gasteiger partial charge in [0.1, 0.15) is 0 Å². The Kier molecular flexibility index (Phi) is 4.26. The highest BCUT2D eigenvalue weighted by Crippen LogP contribution is 2.22. The average molecular weight is 265 g/mol. The lowest BCUT2D eigenvalue weighted by Gasteiger charge is -2.06. The Bertz CT molecular complexity index is 434. The molecule has 1 aromatic rings. The standard InChI is InChI=1S/C10H7Cl2FO3/c1-16-10(15)8(13)9(14)6-3-2-5(11)4-7(6)12/h2-4,8H,1H3. The van der Waals surface area contributed by atoms with Gasteiger partial charge in [-0.25, -0.2) is 9.18 Å². The zero-order valence-corrected chi connectivity index (χ0v) is 9.68. The van der Waals surface area contributed by atoms with E-state index in [2.05, 4.69) is 4.74 Å². The van der Waals surface area contributed by atoms with Gasteiger partial charge in [0.05, 0.1) is 12.1 Å². The Morgan fingerprint density at radius 3 is 2.50 bits per heavy atom. The molecule has 16 heavy (non-hydrogen) atoms. The van der Waals surface area contributed by atoms with Gasteiger partial charge in [0.2, 0.25) is 5.78 Å². The molecule has 3 nitrogen and oxygen atoms in total. The van der Waals surface area contributed by atoms with Gasteiger partial charge in [0.25, 0.3) is 6.17 Å². The monoisotopic (exact) mass is 264 g/mol. The zero-order valence-electron chi connectivity index (χ0n) is 8.17. The number of alkyl halides is 1. The predicted molar refractivity (Wildman–Crippen MR) is 57.7 cm³/mol. The van der Waals surface area contributed by atoms with Gasteiger partial charge in [-0.2, -0.15) is 0 Å². The zero-order chi connectivity index (χ0) is 12.3. The largest absolute Gasteiger partial charge is 0.467 e. The molecule has 0 fully saturated rings. The van der Waals surface area contributed by atoms with Gasteiger partial charge in [0, 0.05) is 10.6 Å². The highest BCUT2D eigenvalue weighted by molar-refractivity contribution is 6.37. The third-order valence-electron chi connectivity index (χ3n) is 1.83. The van der Waals surface area contributed by atoms with Crippen molar-refractivity contribution in [2.75, 3.05) is 7.11 Å². The maximum Gasteiger partial charge on any atom is 0.348 e. The Hall–Kier alpha value is -1.13. The minimum atomic E-state index is -2.37. The second-order valence-electron chi connectivity index (χ2n) is 2.87. The number of carbonyl (C=O) groups excluding carboxylic acids is 2. The molecule has 0 aliphatic carbocycles. The summed E-state index contributed by atoms with van der Waals surface area (Å²) in [5, 5.41) is 0.305. The summed E-state index contributed by atoms with van der Waals surface area (Å²) in [4.78, 5) is 22.3. The molecule has 1 aromatic carbocycles. The molecule has 1 unspecified atom stereocenters. The van der Waals surface area contributed by atoms with E-state index >= 15 is 0 Å². The quantitative estimate of drug-likeness (QED) is 0.479. The number of esters is 1. The Balaban J connectivity index is 3.01. The highest BCUT2D eigenvalue weighted by Gasteiger charge is 2.29. The summed E-state index contributed by atoms with van der Waals surface area (Å²) in [6.07, 6.45) is -2.37. The van der Waals surface area contributed by atoms with E-state index in [4.69, 9.17) is 23.2 Å². The van der Waals surface area contributed by atoms with Crippen LogP contribution in [0.15, 0.2) is 18.2 Å². The van der Waals surface area contributed by atoms with Crippen LogP contribution in [0.2, 0.25) is 10.0 Å². The van der Waals surface area contributed by atoms with Crippen LogP contribution in [0.1, 0.15) is 10.4 Å². The summed E-state index contributed by atoms with van der Waals surface area (Å²) in [5.41, 5.74) is -0.107. The lowest BCUT2D eigenvalue weighted by molar-refractivity contribution is -0.144. The summed E-state index contributed by atoms with van der Waals surface area (Å²) < 4.78 is 17.4. The van der Waals surface area contributed by atoms with E-state index in [1.807, 2.05) is 0 Å². The van der Waals surface area contributed by atoms with Crippen LogP contribution in [0.3, 0.4) is 0 Å². The Morgan fingerprint density at radius 2 is 2.00 bits per heavy atom. The van der Waals surface area contributed by atoms with Crippen LogP contribution < -0.4 is 0 Å². The number of methoxy groups -OCH3 is 1. The van der Waals surface area contributed by atoms with Crippen molar-refractivity contribution in [1.29, 1.82) is 0 Å². The Morgan fingerprint density at radius 1 is 1.38 bits per heavy atom. The number of halogens is 3. The van der Waals surface area contributed by atoms with Crippen molar-refractivity contribution < 1.29 is 18.7 Å². The molecular weight excluding hydrogens is 258 g/mol. The molecule has 0 amide bonds. The van der Waals surface area contributed by atoms with Crippen LogP contribution in [0, 0.1) is 0 Å². The van der Waals surface area contributed by atoms with Gasteiger partial charge < -0.3 is 4.74 Å². The first-order chi connectivity index (χ1) is 7.47. The van der Waals surface area contributed by atoms with Crippen molar-refractivity contribution in [3.63, 3.8) is 0 Å². The first-order valence-corrected chi connectivity index (χ1v) is 4.94. The molecule has 0 aliphatic rings. The normalized spacial score (nSPS) is 12.0. The molecule has 0 aliphatic heterocycles. The molecule has 6 heteroatoms. The number of hydrogen-bond acceptors (Lipinski definition) is 3. The molecular formula is C10H7Cl2FO3. The van der Waals surface area contributed by atoms with Crippen molar-refractivity contribution in [3.05, 3.63) is 33.8 Å². The number of benzene rings is 1. The number of Topliss-reactive ketones (excluding diaryl/α,β-unsaturated/α-hetero) is 1. The number of ketones is 1. The first-order valence-electron chi connectivity index (χ1n) is 4.18. The van der Waals surface area contributed by atoms with Crippen LogP contribution >= 0.6 is 23.2 Å². The summed E-state index contributed by atoms with van der Waals surface area (Å²) in [7, 11) is 0.992. The van der Waals surface area contributed by atoms with E-state index in [1.165, 1.54) is 18.2 Å². The molecule has 0 saturated heterocycles. The van der Waals surface area contributed by atoms with Gasteiger partial charge in [-0.15, -0.1) is 0 Å². The van der Waals surface area contributed by atoms with Gasteiger partial charge in [-0.05, 0) is 18.2 Å². The molecule has 0 saturated carbocycles. The molecule has 86 valence electrons. The van der Waals surface area contributed by atoms with E-state index in [0.29, 0.717) is 5.02 Å². The Labute approximate surface area is 101 Å². The lowest BCUT2D eigenvalue weighted by Crippen LogP contribution is -2.27. The molecule has 0 radical (unpaired) electrons. The number of rotatable bonds is 3. The van der Waals surface area contributed by atoms with Crippen molar-refractivity contribution in [2.45, 2.75) is 6.17 Å². The highest BCUT2D eigenvalue weighted by atomic mass is 35.5. The first kappa shape index (κ1) is 12.9. The van der Waals surface area contributed by atoms with Gasteiger partial charge in [0.15, 0.2) is 0 Å². The summed E-state index contributed by atoms with van der Waals surface area (Å²) in [6.45, 7) is 0. The topological polar surface area (TPSA) is 43.4 Å². The van der Waals surface area contributed by atoms with Crippen molar-refractivity contribution in [2.24, 2.45) is 0 Å². The molecule has 0 spiro atoms. The molecule has 1 rings (SSSR count). The van der Waals surface area contributed by atoms with E-state index in [1.54, 1.807) is 0 Å². The number of carbonyl (C=O) groups is 2. The van der Waals surface area contributed by atoms with Crippen LogP contribution in [0.4, 0.5) is 4.39 Å². The van der Waals surface area contributed by atoms with Crippen LogP contribution in [-0.4, -0.2) is 25.0 Å². The van der Waals surface area contributed by atoms with Crippen LogP contribution in [0.5, 0.6) is 0 Å². The summed E-state index contributed by atoms with van der Waals surface area (Å²) in [5.74, 6) is -2.30. The molecule has 0 aromatic heterocycles. The summed E-state index contributed by atoms with van der Waals surface area (Å²) >= 11 is 11.3. The minimum absolute atomic E-state index is 0.0101. The van der Waals surface area contributed by atoms with Crippen molar-refractivity contribution in [3.8, 4) is 0 Å². The predicted octanol–water partition coefficient (Wildman–Crippen LogP) is 2.69. The third-order valence-corrected chi connectivity index (χ3v) is 2.38. The van der Waals surface area contributed by atoms with Crippen LogP contribution in [0.25, 0.3) is 0 Å². The fourth-order valence-electron chi connectivity index (χ4n) is 1.04. The van der Waals surface area contributed by atoms with Crippen LogP contribution in [-0.2, 0) is 9.53 Å². The number of hydrogen-bond donors (Lipinski definition) is 0. The number of ether oxygens (including phenoxy) is 1. The fraction of sp³-hybridized carbons (Fsp3) is 0.200. The SMILES string of the molecule is COC(=O)C(F)C(=O)c1ccc(Cl)cc1Cl. The molecule has 0 heterocycles. The van der Waals surface area contributed by atoms with Crippen molar-refractivity contribution >= 4 is 35.0 Å². The molecule has 0 N–H and O–H groups in total. The van der Waals surface area contributed by atoms with E-state index < -0.39 is 17.9 Å². The second kappa shape index (κ2) is 5.27. The van der Waals surface area contributed by atoms with Gasteiger partial charge >= 0.3 is 5.97 Å². The van der Waals surface area contributed by atoms with Gasteiger partial charge in [-0.1, -0.05) is 23.2 Å². The fourth-order valence-corrected chi connectivity index (χ4v) is 1.54. The lowest BCUT2D eigenvalue weighted by atomic mass is 10.1. The molecule has 1 atom stereocenters. The maximum absolute atomic E-state index is 13.2.